The van der Waals surface area contributed by atoms with E-state index in [1.165, 1.54) is 4.90 Å². The molecule has 1 heterocycles. The maximum atomic E-state index is 13.2. The first-order valence-corrected chi connectivity index (χ1v) is 9.53. The molecule has 0 aromatic heterocycles. The number of hydrogen-bond donors (Lipinski definition) is 1. The lowest BCUT2D eigenvalue weighted by Gasteiger charge is -2.29. The summed E-state index contributed by atoms with van der Waals surface area (Å²) in [6.07, 6.45) is 0.110. The van der Waals surface area contributed by atoms with E-state index < -0.39 is 11.4 Å². The molecule has 2 aromatic carbocycles. The molecule has 0 aliphatic carbocycles. The van der Waals surface area contributed by atoms with Crippen LogP contribution in [0.15, 0.2) is 48.5 Å². The van der Waals surface area contributed by atoms with Crippen LogP contribution < -0.4 is 4.74 Å². The number of benzene rings is 2. The fourth-order valence-corrected chi connectivity index (χ4v) is 3.79. The van der Waals surface area contributed by atoms with Crippen molar-refractivity contribution in [3.63, 3.8) is 0 Å². The fourth-order valence-electron chi connectivity index (χ4n) is 3.79. The van der Waals surface area contributed by atoms with Crippen LogP contribution in [0.1, 0.15) is 42.9 Å². The standard InChI is InChI=1S/C23H25NO5/c1-15(18-8-4-16(5-9-18)12-21(26)27)23(2)13-20(25)24(22(23)28)14-17-6-10-19(29-3)11-7-17/h4-11,15H,12-14H2,1-3H3,(H,26,27)/t15-,23+/m1/s1. The molecule has 3 rings (SSSR count). The Morgan fingerprint density at radius 1 is 1.10 bits per heavy atom. The van der Waals surface area contributed by atoms with Crippen molar-refractivity contribution in [3.8, 4) is 5.75 Å². The van der Waals surface area contributed by atoms with Crippen LogP contribution in [0.4, 0.5) is 0 Å². The zero-order valence-electron chi connectivity index (χ0n) is 16.8. The van der Waals surface area contributed by atoms with Gasteiger partial charge in [0.2, 0.25) is 11.8 Å². The first kappa shape index (κ1) is 20.6. The van der Waals surface area contributed by atoms with Crippen molar-refractivity contribution in [1.82, 2.24) is 4.90 Å². The van der Waals surface area contributed by atoms with E-state index in [2.05, 4.69) is 0 Å². The van der Waals surface area contributed by atoms with E-state index in [0.717, 1.165) is 16.9 Å². The number of ether oxygens (including phenoxy) is 1. The first-order chi connectivity index (χ1) is 13.7. The van der Waals surface area contributed by atoms with Crippen molar-refractivity contribution in [2.45, 2.75) is 39.2 Å². The minimum atomic E-state index is -0.886. The number of aliphatic carboxylic acids is 1. The van der Waals surface area contributed by atoms with Crippen LogP contribution in [0, 0.1) is 5.41 Å². The number of rotatable bonds is 7. The highest BCUT2D eigenvalue weighted by Crippen LogP contribution is 2.45. The lowest BCUT2D eigenvalue weighted by atomic mass is 9.73. The van der Waals surface area contributed by atoms with E-state index in [4.69, 9.17) is 9.84 Å². The maximum Gasteiger partial charge on any atom is 0.307 e. The van der Waals surface area contributed by atoms with Crippen LogP contribution in [0.25, 0.3) is 0 Å². The molecule has 152 valence electrons. The van der Waals surface area contributed by atoms with Gasteiger partial charge in [0.05, 0.1) is 25.5 Å². The zero-order valence-corrected chi connectivity index (χ0v) is 16.8. The Hall–Kier alpha value is -3.15. The summed E-state index contributed by atoms with van der Waals surface area (Å²) >= 11 is 0. The Morgan fingerprint density at radius 3 is 2.24 bits per heavy atom. The monoisotopic (exact) mass is 395 g/mol. The molecule has 1 fully saturated rings. The summed E-state index contributed by atoms with van der Waals surface area (Å²) in [7, 11) is 1.59. The summed E-state index contributed by atoms with van der Waals surface area (Å²) in [6, 6.07) is 14.5. The second-order valence-electron chi connectivity index (χ2n) is 7.76. The van der Waals surface area contributed by atoms with Gasteiger partial charge < -0.3 is 9.84 Å². The molecule has 6 nitrogen and oxygen atoms in total. The maximum absolute atomic E-state index is 13.2. The Bertz CT molecular complexity index is 919. The summed E-state index contributed by atoms with van der Waals surface area (Å²) in [5.74, 6) is -0.706. The number of nitrogens with zero attached hydrogens (tertiary/aromatic N) is 1. The number of carboxylic acids is 1. The molecule has 0 radical (unpaired) electrons. The molecular weight excluding hydrogens is 370 g/mol. The van der Waals surface area contributed by atoms with Crippen LogP contribution >= 0.6 is 0 Å². The molecule has 1 aliphatic heterocycles. The Morgan fingerprint density at radius 2 is 1.69 bits per heavy atom. The number of hydrogen-bond acceptors (Lipinski definition) is 4. The van der Waals surface area contributed by atoms with Gasteiger partial charge in [-0.1, -0.05) is 43.3 Å². The predicted molar refractivity (Wildman–Crippen MR) is 107 cm³/mol. The molecule has 0 spiro atoms. The number of carboxylic acid groups (broad SMARTS) is 1. The fraction of sp³-hybridized carbons (Fsp3) is 0.348. The van der Waals surface area contributed by atoms with Crippen LogP contribution in [0.3, 0.4) is 0 Å². The molecule has 2 atom stereocenters. The Balaban J connectivity index is 1.77. The Labute approximate surface area is 170 Å². The van der Waals surface area contributed by atoms with Gasteiger partial charge in [-0.25, -0.2) is 0 Å². The van der Waals surface area contributed by atoms with E-state index in [9.17, 15) is 14.4 Å². The molecule has 29 heavy (non-hydrogen) atoms. The van der Waals surface area contributed by atoms with Crippen LogP contribution in [-0.4, -0.2) is 34.9 Å². The van der Waals surface area contributed by atoms with Gasteiger partial charge in [-0.3, -0.25) is 19.3 Å². The summed E-state index contributed by atoms with van der Waals surface area (Å²) in [4.78, 5) is 38.0. The molecule has 1 aliphatic rings. The van der Waals surface area contributed by atoms with Gasteiger partial charge in [-0.15, -0.1) is 0 Å². The summed E-state index contributed by atoms with van der Waals surface area (Å²) in [5, 5.41) is 8.91. The third-order valence-electron chi connectivity index (χ3n) is 5.84. The van der Waals surface area contributed by atoms with Crippen LogP contribution in [-0.2, 0) is 27.3 Å². The number of carbonyl (C=O) groups excluding carboxylic acids is 2. The lowest BCUT2D eigenvalue weighted by Crippen LogP contribution is -2.36. The second kappa shape index (κ2) is 8.07. The van der Waals surface area contributed by atoms with Crippen molar-refractivity contribution < 1.29 is 24.2 Å². The number of carbonyl (C=O) groups is 3. The minimum Gasteiger partial charge on any atom is -0.497 e. The summed E-state index contributed by atoms with van der Waals surface area (Å²) in [6.45, 7) is 4.01. The molecule has 2 aromatic rings. The SMILES string of the molecule is COc1ccc(CN2C(=O)C[C@@](C)([C@H](C)c3ccc(CC(=O)O)cc3)C2=O)cc1. The molecule has 2 amide bonds. The van der Waals surface area contributed by atoms with E-state index in [1.54, 1.807) is 31.4 Å². The van der Waals surface area contributed by atoms with Gasteiger partial charge in [0.15, 0.2) is 0 Å². The van der Waals surface area contributed by atoms with Gasteiger partial charge in [-0.2, -0.15) is 0 Å². The van der Waals surface area contributed by atoms with Crippen molar-refractivity contribution in [2.24, 2.45) is 5.41 Å². The molecule has 1 N–H and O–H groups in total. The van der Waals surface area contributed by atoms with Gasteiger partial charge >= 0.3 is 5.97 Å². The lowest BCUT2D eigenvalue weighted by molar-refractivity contribution is -0.142. The molecule has 1 saturated heterocycles. The minimum absolute atomic E-state index is 0.0427. The largest absolute Gasteiger partial charge is 0.497 e. The van der Waals surface area contributed by atoms with Crippen molar-refractivity contribution >= 4 is 17.8 Å². The predicted octanol–water partition coefficient (Wildman–Crippen LogP) is 3.39. The average molecular weight is 395 g/mol. The highest BCUT2D eigenvalue weighted by atomic mass is 16.5. The highest BCUT2D eigenvalue weighted by molar-refractivity contribution is 6.06. The molecular formula is C23H25NO5. The van der Waals surface area contributed by atoms with E-state index >= 15 is 0 Å². The van der Waals surface area contributed by atoms with Gasteiger partial charge in [0.1, 0.15) is 5.75 Å². The van der Waals surface area contributed by atoms with Crippen LogP contribution in [0.5, 0.6) is 5.75 Å². The molecule has 0 bridgehead atoms. The first-order valence-electron chi connectivity index (χ1n) is 9.53. The second-order valence-corrected chi connectivity index (χ2v) is 7.76. The van der Waals surface area contributed by atoms with Gasteiger partial charge in [0, 0.05) is 6.42 Å². The highest BCUT2D eigenvalue weighted by Gasteiger charge is 2.51. The molecule has 6 heteroatoms. The normalized spacial score (nSPS) is 20.0. The zero-order chi connectivity index (χ0) is 21.2. The third-order valence-corrected chi connectivity index (χ3v) is 5.84. The summed E-state index contributed by atoms with van der Waals surface area (Å²) in [5.41, 5.74) is 1.64. The number of likely N-dealkylation sites (tertiary alicyclic amines) is 1. The summed E-state index contributed by atoms with van der Waals surface area (Å²) < 4.78 is 5.14. The molecule has 0 unspecified atom stereocenters. The number of amides is 2. The van der Waals surface area contributed by atoms with Crippen molar-refractivity contribution in [1.29, 1.82) is 0 Å². The van der Waals surface area contributed by atoms with E-state index in [-0.39, 0.29) is 37.1 Å². The van der Waals surface area contributed by atoms with Crippen molar-refractivity contribution in [3.05, 3.63) is 65.2 Å². The van der Waals surface area contributed by atoms with Gasteiger partial charge in [0.25, 0.3) is 0 Å². The third kappa shape index (κ3) is 4.16. The number of methoxy groups -OCH3 is 1. The molecule has 0 saturated carbocycles. The van der Waals surface area contributed by atoms with E-state index in [0.29, 0.717) is 5.56 Å². The van der Waals surface area contributed by atoms with Crippen LogP contribution in [0.2, 0.25) is 0 Å². The Kier molecular flexibility index (Phi) is 5.73. The van der Waals surface area contributed by atoms with Gasteiger partial charge in [-0.05, 0) is 41.7 Å². The van der Waals surface area contributed by atoms with Crippen molar-refractivity contribution in [2.75, 3.05) is 7.11 Å². The smallest absolute Gasteiger partial charge is 0.307 e. The average Bonchev–Trinajstić information content (AvgIpc) is 2.92. The topological polar surface area (TPSA) is 83.9 Å². The number of imide groups is 1. The quantitative estimate of drug-likeness (QED) is 0.727. The van der Waals surface area contributed by atoms with E-state index in [1.807, 2.05) is 38.1 Å².